The van der Waals surface area contributed by atoms with Gasteiger partial charge in [0.05, 0.1) is 19.7 Å². The molecular formula is C21H25N5O3. The number of amides is 1. The van der Waals surface area contributed by atoms with Crippen LogP contribution < -0.4 is 25.4 Å². The van der Waals surface area contributed by atoms with Crippen molar-refractivity contribution in [3.8, 4) is 11.5 Å². The van der Waals surface area contributed by atoms with Crippen LogP contribution in [0.15, 0.2) is 42.5 Å². The SMILES string of the molecule is COc1ccc(CNc2nc(NCCNC(C)=O)nc3ccccc23)cc1OC. The van der Waals surface area contributed by atoms with Crippen LogP contribution in [0, 0.1) is 0 Å². The lowest BCUT2D eigenvalue weighted by Gasteiger charge is -2.13. The summed E-state index contributed by atoms with van der Waals surface area (Å²) in [6.45, 7) is 3.09. The van der Waals surface area contributed by atoms with Gasteiger partial charge in [-0.05, 0) is 29.8 Å². The maximum Gasteiger partial charge on any atom is 0.225 e. The monoisotopic (exact) mass is 395 g/mol. The van der Waals surface area contributed by atoms with Crippen LogP contribution in [0.5, 0.6) is 11.5 Å². The summed E-state index contributed by atoms with van der Waals surface area (Å²) in [5.41, 5.74) is 1.87. The first kappa shape index (κ1) is 20.2. The van der Waals surface area contributed by atoms with Crippen LogP contribution >= 0.6 is 0 Å². The molecule has 3 N–H and O–H groups in total. The van der Waals surface area contributed by atoms with Gasteiger partial charge in [0.25, 0.3) is 0 Å². The largest absolute Gasteiger partial charge is 0.493 e. The van der Waals surface area contributed by atoms with Crippen molar-refractivity contribution in [1.82, 2.24) is 15.3 Å². The van der Waals surface area contributed by atoms with E-state index in [1.165, 1.54) is 6.92 Å². The summed E-state index contributed by atoms with van der Waals surface area (Å²) in [5, 5.41) is 10.2. The van der Waals surface area contributed by atoms with Gasteiger partial charge in [-0.2, -0.15) is 4.98 Å². The third-order valence-corrected chi connectivity index (χ3v) is 4.29. The molecule has 3 rings (SSSR count). The number of methoxy groups -OCH3 is 2. The van der Waals surface area contributed by atoms with Gasteiger partial charge in [0.2, 0.25) is 11.9 Å². The van der Waals surface area contributed by atoms with Crippen molar-refractivity contribution < 1.29 is 14.3 Å². The van der Waals surface area contributed by atoms with Crippen molar-refractivity contribution in [2.24, 2.45) is 0 Å². The summed E-state index contributed by atoms with van der Waals surface area (Å²) in [7, 11) is 3.23. The molecule has 8 heteroatoms. The van der Waals surface area contributed by atoms with Crippen LogP contribution in [0.1, 0.15) is 12.5 Å². The number of nitrogens with one attached hydrogen (secondary N) is 3. The Hall–Kier alpha value is -3.55. The number of hydrogen-bond acceptors (Lipinski definition) is 7. The molecule has 0 aliphatic rings. The zero-order valence-electron chi connectivity index (χ0n) is 16.8. The lowest BCUT2D eigenvalue weighted by atomic mass is 10.2. The number of aromatic nitrogens is 2. The van der Waals surface area contributed by atoms with Gasteiger partial charge in [0.15, 0.2) is 11.5 Å². The number of para-hydroxylation sites is 1. The molecule has 8 nitrogen and oxygen atoms in total. The van der Waals surface area contributed by atoms with Crippen molar-refractivity contribution in [3.63, 3.8) is 0 Å². The number of fused-ring (bicyclic) bond motifs is 1. The van der Waals surface area contributed by atoms with E-state index >= 15 is 0 Å². The molecule has 29 heavy (non-hydrogen) atoms. The second-order valence-corrected chi connectivity index (χ2v) is 6.37. The summed E-state index contributed by atoms with van der Waals surface area (Å²) in [6.07, 6.45) is 0. The molecule has 2 aromatic carbocycles. The van der Waals surface area contributed by atoms with Crippen LogP contribution in [-0.4, -0.2) is 43.2 Å². The fourth-order valence-electron chi connectivity index (χ4n) is 2.88. The quantitative estimate of drug-likeness (QED) is 0.479. The molecule has 152 valence electrons. The van der Waals surface area contributed by atoms with E-state index in [-0.39, 0.29) is 5.91 Å². The number of benzene rings is 2. The second kappa shape index (κ2) is 9.59. The predicted octanol–water partition coefficient (Wildman–Crippen LogP) is 2.81. The topological polar surface area (TPSA) is 97.4 Å². The van der Waals surface area contributed by atoms with Crippen LogP contribution in [0.4, 0.5) is 11.8 Å². The number of nitrogens with zero attached hydrogens (tertiary/aromatic N) is 2. The summed E-state index contributed by atoms with van der Waals surface area (Å²) < 4.78 is 10.7. The lowest BCUT2D eigenvalue weighted by molar-refractivity contribution is -0.118. The molecular weight excluding hydrogens is 370 g/mol. The van der Waals surface area contributed by atoms with E-state index in [1.54, 1.807) is 14.2 Å². The first-order valence-corrected chi connectivity index (χ1v) is 9.30. The minimum Gasteiger partial charge on any atom is -0.493 e. The van der Waals surface area contributed by atoms with Crippen LogP contribution in [0.3, 0.4) is 0 Å². The van der Waals surface area contributed by atoms with Crippen molar-refractivity contribution >= 4 is 28.6 Å². The molecule has 1 amide bonds. The minimum atomic E-state index is -0.0662. The third-order valence-electron chi connectivity index (χ3n) is 4.29. The fourth-order valence-corrected chi connectivity index (χ4v) is 2.88. The number of ether oxygens (including phenoxy) is 2. The molecule has 3 aromatic rings. The van der Waals surface area contributed by atoms with E-state index in [1.807, 2.05) is 42.5 Å². The molecule has 0 saturated heterocycles. The van der Waals surface area contributed by atoms with E-state index in [0.717, 1.165) is 22.3 Å². The molecule has 0 saturated carbocycles. The van der Waals surface area contributed by atoms with E-state index in [0.29, 0.717) is 37.1 Å². The summed E-state index contributed by atoms with van der Waals surface area (Å²) in [5.74, 6) is 2.54. The first-order valence-electron chi connectivity index (χ1n) is 9.30. The van der Waals surface area contributed by atoms with E-state index in [9.17, 15) is 4.79 Å². The van der Waals surface area contributed by atoms with Crippen molar-refractivity contribution in [2.75, 3.05) is 37.9 Å². The zero-order valence-corrected chi connectivity index (χ0v) is 16.8. The molecule has 0 aliphatic heterocycles. The first-order chi connectivity index (χ1) is 14.1. The molecule has 0 atom stereocenters. The van der Waals surface area contributed by atoms with Crippen molar-refractivity contribution in [1.29, 1.82) is 0 Å². The molecule has 0 bridgehead atoms. The van der Waals surface area contributed by atoms with Gasteiger partial charge in [-0.3, -0.25) is 4.79 Å². The van der Waals surface area contributed by atoms with Gasteiger partial charge in [0.1, 0.15) is 5.82 Å². The normalized spacial score (nSPS) is 10.4. The summed E-state index contributed by atoms with van der Waals surface area (Å²) in [6, 6.07) is 13.6. The second-order valence-electron chi connectivity index (χ2n) is 6.37. The Kier molecular flexibility index (Phi) is 6.67. The number of rotatable bonds is 9. The zero-order chi connectivity index (χ0) is 20.6. The van der Waals surface area contributed by atoms with E-state index < -0.39 is 0 Å². The van der Waals surface area contributed by atoms with Gasteiger partial charge >= 0.3 is 0 Å². The smallest absolute Gasteiger partial charge is 0.225 e. The lowest BCUT2D eigenvalue weighted by Crippen LogP contribution is -2.26. The average Bonchev–Trinajstić information content (AvgIpc) is 2.74. The Morgan fingerprint density at radius 3 is 2.52 bits per heavy atom. The average molecular weight is 395 g/mol. The highest BCUT2D eigenvalue weighted by molar-refractivity contribution is 5.90. The van der Waals surface area contributed by atoms with Gasteiger partial charge in [-0.25, -0.2) is 4.98 Å². The van der Waals surface area contributed by atoms with Gasteiger partial charge in [0, 0.05) is 31.9 Å². The Balaban J connectivity index is 1.77. The molecule has 1 heterocycles. The van der Waals surface area contributed by atoms with Crippen LogP contribution in [-0.2, 0) is 11.3 Å². The number of carbonyl (C=O) groups is 1. The van der Waals surface area contributed by atoms with E-state index in [2.05, 4.69) is 25.9 Å². The Morgan fingerprint density at radius 1 is 0.966 bits per heavy atom. The maximum atomic E-state index is 11.0. The molecule has 0 spiro atoms. The Labute approximate surface area is 169 Å². The Bertz CT molecular complexity index is 993. The number of carbonyl (C=O) groups excluding carboxylic acids is 1. The predicted molar refractivity (Wildman–Crippen MR) is 114 cm³/mol. The Morgan fingerprint density at radius 2 is 1.76 bits per heavy atom. The summed E-state index contributed by atoms with van der Waals surface area (Å²) >= 11 is 0. The molecule has 0 radical (unpaired) electrons. The van der Waals surface area contributed by atoms with E-state index in [4.69, 9.17) is 9.47 Å². The van der Waals surface area contributed by atoms with Crippen LogP contribution in [0.25, 0.3) is 10.9 Å². The van der Waals surface area contributed by atoms with Crippen molar-refractivity contribution in [2.45, 2.75) is 13.5 Å². The third kappa shape index (κ3) is 5.25. The van der Waals surface area contributed by atoms with Gasteiger partial charge in [-0.1, -0.05) is 18.2 Å². The molecule has 1 aromatic heterocycles. The van der Waals surface area contributed by atoms with Crippen LogP contribution in [0.2, 0.25) is 0 Å². The highest BCUT2D eigenvalue weighted by Crippen LogP contribution is 2.28. The van der Waals surface area contributed by atoms with Crippen molar-refractivity contribution in [3.05, 3.63) is 48.0 Å². The minimum absolute atomic E-state index is 0.0662. The van der Waals surface area contributed by atoms with Gasteiger partial charge < -0.3 is 25.4 Å². The number of hydrogen-bond donors (Lipinski definition) is 3. The molecule has 0 aliphatic carbocycles. The maximum absolute atomic E-state index is 11.0. The van der Waals surface area contributed by atoms with Gasteiger partial charge in [-0.15, -0.1) is 0 Å². The highest BCUT2D eigenvalue weighted by Gasteiger charge is 2.09. The summed E-state index contributed by atoms with van der Waals surface area (Å²) in [4.78, 5) is 20.1. The fraction of sp³-hybridized carbons (Fsp3) is 0.286. The highest BCUT2D eigenvalue weighted by atomic mass is 16.5. The molecule has 0 unspecified atom stereocenters. The standard InChI is InChI=1S/C21H25N5O3/c1-14(27)22-10-11-23-21-25-17-7-5-4-6-16(17)20(26-21)24-13-15-8-9-18(28-2)19(12-15)29-3/h4-9,12H,10-11,13H2,1-3H3,(H,22,27)(H2,23,24,25,26). The number of anilines is 2. The molecule has 0 fully saturated rings.